The molecule has 1 fully saturated rings. The van der Waals surface area contributed by atoms with Crippen LogP contribution in [0.3, 0.4) is 0 Å². The van der Waals surface area contributed by atoms with Crippen molar-refractivity contribution in [1.29, 1.82) is 0 Å². The molecule has 25 heavy (non-hydrogen) atoms. The number of nitrogens with one attached hydrogen (secondary N) is 1. The number of hydrogen-bond donors (Lipinski definition) is 2. The number of aliphatic hydroxyl groups is 1. The second-order valence-electron chi connectivity index (χ2n) is 6.38. The summed E-state index contributed by atoms with van der Waals surface area (Å²) < 4.78 is 5.60. The molecule has 2 aromatic rings. The molecule has 1 amide bonds. The van der Waals surface area contributed by atoms with E-state index in [0.717, 1.165) is 11.3 Å². The van der Waals surface area contributed by atoms with Gasteiger partial charge < -0.3 is 15.2 Å². The zero-order chi connectivity index (χ0) is 17.8. The van der Waals surface area contributed by atoms with Crippen molar-refractivity contribution in [2.75, 3.05) is 6.61 Å². The van der Waals surface area contributed by atoms with Crippen LogP contribution in [0.25, 0.3) is 0 Å². The zero-order valence-electron chi connectivity index (χ0n) is 14.0. The van der Waals surface area contributed by atoms with E-state index >= 15 is 0 Å². The predicted molar refractivity (Wildman–Crippen MR) is 95.5 cm³/mol. The lowest BCUT2D eigenvalue weighted by molar-refractivity contribution is -0.125. The highest BCUT2D eigenvalue weighted by Crippen LogP contribution is 2.37. The van der Waals surface area contributed by atoms with Crippen LogP contribution in [-0.2, 0) is 4.79 Å². The van der Waals surface area contributed by atoms with E-state index in [4.69, 9.17) is 16.3 Å². The van der Waals surface area contributed by atoms with Crippen LogP contribution in [0.15, 0.2) is 42.6 Å². The van der Waals surface area contributed by atoms with Crippen molar-refractivity contribution < 1.29 is 14.6 Å². The summed E-state index contributed by atoms with van der Waals surface area (Å²) in [5.74, 6) is 0.602. The molecule has 1 saturated carbocycles. The molecule has 0 unspecified atom stereocenters. The Labute approximate surface area is 152 Å². The van der Waals surface area contributed by atoms with Gasteiger partial charge >= 0.3 is 0 Å². The molecule has 0 aliphatic heterocycles. The molecule has 0 spiro atoms. The van der Waals surface area contributed by atoms with Gasteiger partial charge in [-0.2, -0.15) is 0 Å². The van der Waals surface area contributed by atoms with Crippen LogP contribution in [0.5, 0.6) is 5.75 Å². The fourth-order valence-corrected chi connectivity index (χ4v) is 3.26. The molecule has 0 radical (unpaired) electrons. The summed E-state index contributed by atoms with van der Waals surface area (Å²) in [5, 5.41) is 13.2. The summed E-state index contributed by atoms with van der Waals surface area (Å²) in [5.41, 5.74) is 1.68. The van der Waals surface area contributed by atoms with E-state index < -0.39 is 0 Å². The molecule has 1 aliphatic carbocycles. The topological polar surface area (TPSA) is 71.5 Å². The van der Waals surface area contributed by atoms with Crippen LogP contribution in [0.2, 0.25) is 5.02 Å². The second-order valence-corrected chi connectivity index (χ2v) is 6.82. The highest BCUT2D eigenvalue weighted by atomic mass is 35.5. The van der Waals surface area contributed by atoms with Gasteiger partial charge in [0.1, 0.15) is 5.75 Å². The number of hydrogen-bond acceptors (Lipinski definition) is 4. The smallest absolute Gasteiger partial charge is 0.258 e. The highest BCUT2D eigenvalue weighted by Gasteiger charge is 2.36. The minimum Gasteiger partial charge on any atom is -0.484 e. The number of pyridine rings is 1. The number of benzene rings is 1. The molecule has 1 heterocycles. The molecule has 1 aromatic carbocycles. The van der Waals surface area contributed by atoms with Gasteiger partial charge in [0.25, 0.3) is 5.91 Å². The molecular formula is C19H21ClN2O3. The van der Waals surface area contributed by atoms with E-state index in [9.17, 15) is 9.90 Å². The van der Waals surface area contributed by atoms with E-state index in [1.807, 2.05) is 25.1 Å². The van der Waals surface area contributed by atoms with E-state index in [1.165, 1.54) is 0 Å². The third kappa shape index (κ3) is 4.50. The Morgan fingerprint density at radius 3 is 2.84 bits per heavy atom. The predicted octanol–water partition coefficient (Wildman–Crippen LogP) is 3.05. The third-order valence-electron chi connectivity index (χ3n) is 4.44. The number of carbonyl (C=O) groups excluding carboxylic acids is 1. The molecule has 6 heteroatoms. The summed E-state index contributed by atoms with van der Waals surface area (Å²) in [4.78, 5) is 16.7. The lowest BCUT2D eigenvalue weighted by Gasteiger charge is -2.37. The maximum Gasteiger partial charge on any atom is 0.258 e. The maximum atomic E-state index is 12.4. The van der Waals surface area contributed by atoms with Crippen LogP contribution in [-0.4, -0.2) is 28.7 Å². The fraction of sp³-hybridized carbons (Fsp3) is 0.368. The second kappa shape index (κ2) is 7.85. The molecule has 1 aliphatic rings. The number of aromatic nitrogens is 1. The SMILES string of the molecule is Cc1cc(Cl)ccc1OCC(=O)N[C@@H](c1ccccn1)C1CC(O)C1. The van der Waals surface area contributed by atoms with Gasteiger partial charge in [-0.3, -0.25) is 9.78 Å². The molecular weight excluding hydrogens is 340 g/mol. The Morgan fingerprint density at radius 2 is 2.20 bits per heavy atom. The van der Waals surface area contributed by atoms with E-state index in [-0.39, 0.29) is 30.6 Å². The van der Waals surface area contributed by atoms with E-state index in [0.29, 0.717) is 23.6 Å². The normalized spacial score (nSPS) is 20.4. The van der Waals surface area contributed by atoms with Crippen molar-refractivity contribution in [2.45, 2.75) is 31.9 Å². The van der Waals surface area contributed by atoms with Gasteiger partial charge in [-0.1, -0.05) is 17.7 Å². The lowest BCUT2D eigenvalue weighted by atomic mass is 9.76. The van der Waals surface area contributed by atoms with Crippen molar-refractivity contribution in [1.82, 2.24) is 10.3 Å². The number of aryl methyl sites for hydroxylation is 1. The zero-order valence-corrected chi connectivity index (χ0v) is 14.7. The Morgan fingerprint density at radius 1 is 1.40 bits per heavy atom. The fourth-order valence-electron chi connectivity index (χ4n) is 3.03. The Kier molecular flexibility index (Phi) is 5.56. The third-order valence-corrected chi connectivity index (χ3v) is 4.67. The molecule has 2 N–H and O–H groups in total. The minimum atomic E-state index is -0.291. The van der Waals surface area contributed by atoms with Gasteiger partial charge in [0, 0.05) is 11.2 Å². The van der Waals surface area contributed by atoms with Crippen molar-refractivity contribution in [3.05, 3.63) is 58.9 Å². The summed E-state index contributed by atoms with van der Waals surface area (Å²) in [7, 11) is 0. The van der Waals surface area contributed by atoms with Gasteiger partial charge in [0.05, 0.1) is 17.8 Å². The van der Waals surface area contributed by atoms with Gasteiger partial charge in [-0.05, 0) is 61.6 Å². The van der Waals surface area contributed by atoms with E-state index in [2.05, 4.69) is 10.3 Å². The summed E-state index contributed by atoms with van der Waals surface area (Å²) >= 11 is 5.92. The standard InChI is InChI=1S/C19H21ClN2O3/c1-12-8-14(20)5-6-17(12)25-11-18(24)22-19(13-9-15(23)10-13)16-4-2-3-7-21-16/h2-8,13,15,19,23H,9-11H2,1H3,(H,22,24)/t13?,15?,19-/m1/s1. The maximum absolute atomic E-state index is 12.4. The number of ether oxygens (including phenoxy) is 1. The Bertz CT molecular complexity index is 733. The lowest BCUT2D eigenvalue weighted by Crippen LogP contribution is -2.43. The molecule has 132 valence electrons. The molecule has 3 rings (SSSR count). The van der Waals surface area contributed by atoms with Crippen molar-refractivity contribution >= 4 is 17.5 Å². The van der Waals surface area contributed by atoms with Crippen molar-refractivity contribution in [2.24, 2.45) is 5.92 Å². The first-order valence-corrected chi connectivity index (χ1v) is 8.68. The van der Waals surface area contributed by atoms with Gasteiger partial charge in [-0.25, -0.2) is 0 Å². The molecule has 5 nitrogen and oxygen atoms in total. The molecule has 1 aromatic heterocycles. The Hall–Kier alpha value is -2.11. The largest absolute Gasteiger partial charge is 0.484 e. The summed E-state index contributed by atoms with van der Waals surface area (Å²) in [6, 6.07) is 10.7. The number of nitrogens with zero attached hydrogens (tertiary/aromatic N) is 1. The minimum absolute atomic E-state index is 0.0823. The summed E-state index contributed by atoms with van der Waals surface area (Å²) in [6.07, 6.45) is 2.75. The van der Waals surface area contributed by atoms with E-state index in [1.54, 1.807) is 24.4 Å². The summed E-state index contributed by atoms with van der Waals surface area (Å²) in [6.45, 7) is 1.80. The number of rotatable bonds is 6. The number of halogens is 1. The van der Waals surface area contributed by atoms with Gasteiger partial charge in [0.15, 0.2) is 6.61 Å². The average Bonchev–Trinajstić information content (AvgIpc) is 2.57. The van der Waals surface area contributed by atoms with Crippen LogP contribution >= 0.6 is 11.6 Å². The van der Waals surface area contributed by atoms with Crippen LogP contribution in [0.1, 0.15) is 30.1 Å². The van der Waals surface area contributed by atoms with Crippen molar-refractivity contribution in [3.63, 3.8) is 0 Å². The van der Waals surface area contributed by atoms with Gasteiger partial charge in [-0.15, -0.1) is 0 Å². The highest BCUT2D eigenvalue weighted by molar-refractivity contribution is 6.30. The monoisotopic (exact) mass is 360 g/mol. The molecule has 0 bridgehead atoms. The van der Waals surface area contributed by atoms with Crippen molar-refractivity contribution in [3.8, 4) is 5.75 Å². The first-order valence-electron chi connectivity index (χ1n) is 8.30. The Balaban J connectivity index is 1.62. The molecule has 1 atom stereocenters. The first-order chi connectivity index (χ1) is 12.0. The van der Waals surface area contributed by atoms with Crippen LogP contribution in [0, 0.1) is 12.8 Å². The quantitative estimate of drug-likeness (QED) is 0.830. The number of aliphatic hydroxyl groups excluding tert-OH is 1. The average molecular weight is 361 g/mol. The number of amides is 1. The van der Waals surface area contributed by atoms with Crippen LogP contribution < -0.4 is 10.1 Å². The molecule has 0 saturated heterocycles. The first kappa shape index (κ1) is 17.7. The number of carbonyl (C=O) groups is 1. The van der Waals surface area contributed by atoms with Gasteiger partial charge in [0.2, 0.25) is 0 Å². The van der Waals surface area contributed by atoms with Crippen LogP contribution in [0.4, 0.5) is 0 Å².